The van der Waals surface area contributed by atoms with Crippen LogP contribution in [-0.2, 0) is 22.6 Å². The fourth-order valence-electron chi connectivity index (χ4n) is 1.77. The summed E-state index contributed by atoms with van der Waals surface area (Å²) in [4.78, 5) is 0. The summed E-state index contributed by atoms with van der Waals surface area (Å²) in [5.41, 5.74) is 1.68. The summed E-state index contributed by atoms with van der Waals surface area (Å²) < 4.78 is 24.5. The SMILES string of the molecule is CCCCOCCOCc1cc(CNCC)ccc1F. The van der Waals surface area contributed by atoms with Gasteiger partial charge in [-0.05, 0) is 30.7 Å². The van der Waals surface area contributed by atoms with Gasteiger partial charge in [-0.3, -0.25) is 0 Å². The maximum Gasteiger partial charge on any atom is 0.128 e. The molecule has 0 spiro atoms. The normalized spacial score (nSPS) is 10.9. The smallest absolute Gasteiger partial charge is 0.128 e. The minimum Gasteiger partial charge on any atom is -0.379 e. The molecule has 1 aromatic carbocycles. The summed E-state index contributed by atoms with van der Waals surface area (Å²) in [5, 5.41) is 3.22. The van der Waals surface area contributed by atoms with Crippen molar-refractivity contribution in [1.29, 1.82) is 0 Å². The van der Waals surface area contributed by atoms with E-state index in [1.54, 1.807) is 6.07 Å². The Bertz CT molecular complexity index is 371. The Kier molecular flexibility index (Phi) is 9.20. The molecule has 0 unspecified atom stereocenters. The summed E-state index contributed by atoms with van der Waals surface area (Å²) in [6, 6.07) is 5.16. The highest BCUT2D eigenvalue weighted by atomic mass is 19.1. The number of hydrogen-bond donors (Lipinski definition) is 1. The second-order valence-corrected chi connectivity index (χ2v) is 4.72. The van der Waals surface area contributed by atoms with Crippen molar-refractivity contribution < 1.29 is 13.9 Å². The number of benzene rings is 1. The first-order chi connectivity index (χ1) is 9.77. The van der Waals surface area contributed by atoms with E-state index in [2.05, 4.69) is 12.2 Å². The lowest BCUT2D eigenvalue weighted by atomic mass is 10.1. The van der Waals surface area contributed by atoms with Gasteiger partial charge < -0.3 is 14.8 Å². The van der Waals surface area contributed by atoms with Gasteiger partial charge in [-0.1, -0.05) is 26.3 Å². The number of rotatable bonds is 11. The Balaban J connectivity index is 2.27. The largest absolute Gasteiger partial charge is 0.379 e. The molecule has 0 radical (unpaired) electrons. The van der Waals surface area contributed by atoms with Gasteiger partial charge in [0.05, 0.1) is 19.8 Å². The molecule has 0 fully saturated rings. The third kappa shape index (κ3) is 6.98. The van der Waals surface area contributed by atoms with Crippen LogP contribution in [0.2, 0.25) is 0 Å². The van der Waals surface area contributed by atoms with Crippen LogP contribution in [0, 0.1) is 5.82 Å². The van der Waals surface area contributed by atoms with E-state index in [4.69, 9.17) is 9.47 Å². The van der Waals surface area contributed by atoms with Crippen molar-refractivity contribution in [3.63, 3.8) is 0 Å². The molecule has 0 aliphatic carbocycles. The van der Waals surface area contributed by atoms with E-state index in [0.717, 1.165) is 38.1 Å². The first-order valence-corrected chi connectivity index (χ1v) is 7.41. The predicted octanol–water partition coefficient (Wildman–Crippen LogP) is 3.27. The predicted molar refractivity (Wildman–Crippen MR) is 79.2 cm³/mol. The molecule has 114 valence electrons. The number of hydrogen-bond acceptors (Lipinski definition) is 3. The van der Waals surface area contributed by atoms with E-state index < -0.39 is 0 Å². The van der Waals surface area contributed by atoms with Crippen LogP contribution in [0.5, 0.6) is 0 Å². The van der Waals surface area contributed by atoms with Crippen LogP contribution in [0.4, 0.5) is 4.39 Å². The van der Waals surface area contributed by atoms with Crippen LogP contribution in [0.1, 0.15) is 37.8 Å². The standard InChI is InChI=1S/C16H26FNO2/c1-3-5-8-19-9-10-20-13-15-11-14(12-18-4-2)6-7-16(15)17/h6-7,11,18H,3-5,8-10,12-13H2,1-2H3. The van der Waals surface area contributed by atoms with Gasteiger partial charge in [0, 0.05) is 18.7 Å². The lowest BCUT2D eigenvalue weighted by Crippen LogP contribution is -2.12. The summed E-state index contributed by atoms with van der Waals surface area (Å²) in [7, 11) is 0. The number of nitrogens with one attached hydrogen (secondary N) is 1. The highest BCUT2D eigenvalue weighted by Gasteiger charge is 2.04. The molecule has 0 aliphatic heterocycles. The molecule has 1 rings (SSSR count). The molecule has 1 N–H and O–H groups in total. The van der Waals surface area contributed by atoms with E-state index in [0.29, 0.717) is 25.4 Å². The molecule has 0 saturated carbocycles. The van der Waals surface area contributed by atoms with Crippen molar-refractivity contribution in [2.24, 2.45) is 0 Å². The Morgan fingerprint density at radius 1 is 1.10 bits per heavy atom. The third-order valence-corrected chi connectivity index (χ3v) is 2.96. The summed E-state index contributed by atoms with van der Waals surface area (Å²) in [6.07, 6.45) is 2.20. The van der Waals surface area contributed by atoms with Crippen molar-refractivity contribution in [3.05, 3.63) is 35.1 Å². The third-order valence-electron chi connectivity index (χ3n) is 2.96. The van der Waals surface area contributed by atoms with E-state index in [9.17, 15) is 4.39 Å². The number of halogens is 1. The Morgan fingerprint density at radius 2 is 1.90 bits per heavy atom. The first kappa shape index (κ1) is 17.1. The molecular weight excluding hydrogens is 257 g/mol. The summed E-state index contributed by atoms with van der Waals surface area (Å²) >= 11 is 0. The van der Waals surface area contributed by atoms with Crippen molar-refractivity contribution in [2.45, 2.75) is 39.8 Å². The van der Waals surface area contributed by atoms with Crippen molar-refractivity contribution in [1.82, 2.24) is 5.32 Å². The monoisotopic (exact) mass is 283 g/mol. The maximum atomic E-state index is 13.6. The molecule has 0 aliphatic rings. The fourth-order valence-corrected chi connectivity index (χ4v) is 1.77. The van der Waals surface area contributed by atoms with Crippen molar-refractivity contribution in [3.8, 4) is 0 Å². The molecule has 20 heavy (non-hydrogen) atoms. The van der Waals surface area contributed by atoms with E-state index in [1.165, 1.54) is 6.07 Å². The van der Waals surface area contributed by atoms with Crippen LogP contribution >= 0.6 is 0 Å². The number of unbranched alkanes of at least 4 members (excludes halogenated alkanes) is 1. The van der Waals surface area contributed by atoms with Gasteiger partial charge in [0.25, 0.3) is 0 Å². The Labute approximate surface area is 121 Å². The topological polar surface area (TPSA) is 30.5 Å². The second kappa shape index (κ2) is 10.8. The van der Waals surface area contributed by atoms with Crippen LogP contribution in [0.15, 0.2) is 18.2 Å². The molecule has 0 heterocycles. The Hall–Kier alpha value is -0.970. The molecule has 0 atom stereocenters. The molecular formula is C16H26FNO2. The molecule has 0 aromatic heterocycles. The van der Waals surface area contributed by atoms with E-state index >= 15 is 0 Å². The van der Waals surface area contributed by atoms with Gasteiger partial charge in [0.15, 0.2) is 0 Å². The molecule has 0 bridgehead atoms. The second-order valence-electron chi connectivity index (χ2n) is 4.72. The van der Waals surface area contributed by atoms with Gasteiger partial charge in [-0.15, -0.1) is 0 Å². The quantitative estimate of drug-likeness (QED) is 0.632. The maximum absolute atomic E-state index is 13.6. The highest BCUT2D eigenvalue weighted by molar-refractivity contribution is 5.24. The molecule has 1 aromatic rings. The average Bonchev–Trinajstić information content (AvgIpc) is 2.46. The summed E-state index contributed by atoms with van der Waals surface area (Å²) in [6.45, 7) is 7.96. The lowest BCUT2D eigenvalue weighted by Gasteiger charge is -2.09. The van der Waals surface area contributed by atoms with Gasteiger partial charge in [0.2, 0.25) is 0 Å². The van der Waals surface area contributed by atoms with Crippen LogP contribution in [-0.4, -0.2) is 26.4 Å². The van der Waals surface area contributed by atoms with E-state index in [1.807, 2.05) is 13.0 Å². The molecule has 0 amide bonds. The lowest BCUT2D eigenvalue weighted by molar-refractivity contribution is 0.0387. The molecule has 0 saturated heterocycles. The molecule has 4 heteroatoms. The van der Waals surface area contributed by atoms with Gasteiger partial charge in [-0.25, -0.2) is 4.39 Å². The van der Waals surface area contributed by atoms with E-state index in [-0.39, 0.29) is 5.82 Å². The van der Waals surface area contributed by atoms with Crippen LogP contribution < -0.4 is 5.32 Å². The zero-order chi connectivity index (χ0) is 14.6. The first-order valence-electron chi connectivity index (χ1n) is 7.41. The fraction of sp³-hybridized carbons (Fsp3) is 0.625. The van der Waals surface area contributed by atoms with Gasteiger partial charge in [-0.2, -0.15) is 0 Å². The highest BCUT2D eigenvalue weighted by Crippen LogP contribution is 2.12. The minimum atomic E-state index is -0.211. The van der Waals surface area contributed by atoms with Crippen molar-refractivity contribution >= 4 is 0 Å². The zero-order valence-electron chi connectivity index (χ0n) is 12.6. The number of ether oxygens (including phenoxy) is 2. The Morgan fingerprint density at radius 3 is 2.65 bits per heavy atom. The average molecular weight is 283 g/mol. The zero-order valence-corrected chi connectivity index (χ0v) is 12.6. The van der Waals surface area contributed by atoms with Crippen LogP contribution in [0.25, 0.3) is 0 Å². The minimum absolute atomic E-state index is 0.211. The van der Waals surface area contributed by atoms with Crippen molar-refractivity contribution in [2.75, 3.05) is 26.4 Å². The van der Waals surface area contributed by atoms with Crippen LogP contribution in [0.3, 0.4) is 0 Å². The summed E-state index contributed by atoms with van der Waals surface area (Å²) in [5.74, 6) is -0.211. The van der Waals surface area contributed by atoms with Gasteiger partial charge >= 0.3 is 0 Å². The molecule has 3 nitrogen and oxygen atoms in total. The van der Waals surface area contributed by atoms with Gasteiger partial charge in [0.1, 0.15) is 5.82 Å².